The standard InChI is InChI=1S/C21H19F4N5O3/c1-10-16-18(32)30(2)19(26)29-20(16,9-33-10)13-7-12(4-5-14(13)22)28-17(31)15-6-3-11(8-27-15)21(23,24)25/h3-8,10,16H,9H2,1-2H3,(H2,26,29)(H,28,31). The molecule has 3 heterocycles. The molecule has 0 bridgehead atoms. The molecule has 2 aliphatic heterocycles. The minimum Gasteiger partial charge on any atom is -0.375 e. The lowest BCUT2D eigenvalue weighted by Crippen LogP contribution is -2.55. The van der Waals surface area contributed by atoms with E-state index in [2.05, 4.69) is 15.3 Å². The molecule has 2 amide bonds. The molecule has 1 fully saturated rings. The maximum Gasteiger partial charge on any atom is 0.417 e. The summed E-state index contributed by atoms with van der Waals surface area (Å²) < 4.78 is 58.7. The van der Waals surface area contributed by atoms with E-state index in [0.717, 1.165) is 18.2 Å². The molecule has 3 N–H and O–H groups in total. The van der Waals surface area contributed by atoms with Gasteiger partial charge in [-0.2, -0.15) is 13.2 Å². The molecule has 0 saturated carbocycles. The van der Waals surface area contributed by atoms with Gasteiger partial charge in [0.1, 0.15) is 17.1 Å². The van der Waals surface area contributed by atoms with E-state index in [0.29, 0.717) is 6.20 Å². The van der Waals surface area contributed by atoms with Gasteiger partial charge in [-0.25, -0.2) is 9.38 Å². The van der Waals surface area contributed by atoms with Crippen molar-refractivity contribution in [2.24, 2.45) is 16.6 Å². The zero-order valence-electron chi connectivity index (χ0n) is 17.5. The normalized spacial score (nSPS) is 25.0. The number of nitrogens with two attached hydrogens (primary N) is 1. The number of benzene rings is 1. The van der Waals surface area contributed by atoms with Crippen molar-refractivity contribution in [2.75, 3.05) is 19.0 Å². The maximum absolute atomic E-state index is 15.0. The van der Waals surface area contributed by atoms with Gasteiger partial charge in [-0.15, -0.1) is 0 Å². The first-order chi connectivity index (χ1) is 15.4. The number of alkyl halides is 3. The third-order valence-electron chi connectivity index (χ3n) is 5.82. The number of fused-ring (bicyclic) bond motifs is 1. The number of aromatic nitrogens is 1. The fourth-order valence-electron chi connectivity index (χ4n) is 4.07. The number of aliphatic imine (C=N–C) groups is 1. The van der Waals surface area contributed by atoms with Crippen molar-refractivity contribution in [3.05, 3.63) is 59.2 Å². The Morgan fingerprint density at radius 3 is 2.67 bits per heavy atom. The van der Waals surface area contributed by atoms with Gasteiger partial charge in [-0.05, 0) is 37.3 Å². The molecule has 0 radical (unpaired) electrons. The Morgan fingerprint density at radius 2 is 2.03 bits per heavy atom. The molecule has 33 heavy (non-hydrogen) atoms. The van der Waals surface area contributed by atoms with Crippen LogP contribution in [-0.2, 0) is 21.2 Å². The van der Waals surface area contributed by atoms with Gasteiger partial charge in [0, 0.05) is 24.5 Å². The van der Waals surface area contributed by atoms with Crippen LogP contribution in [0.25, 0.3) is 0 Å². The van der Waals surface area contributed by atoms with E-state index in [4.69, 9.17) is 10.5 Å². The highest BCUT2D eigenvalue weighted by Crippen LogP contribution is 2.47. The molecule has 1 aromatic heterocycles. The predicted molar refractivity (Wildman–Crippen MR) is 109 cm³/mol. The molecular formula is C21H19F4N5O3. The topological polar surface area (TPSA) is 110 Å². The van der Waals surface area contributed by atoms with Gasteiger partial charge in [-0.1, -0.05) is 0 Å². The summed E-state index contributed by atoms with van der Waals surface area (Å²) in [5.74, 6) is -2.80. The monoisotopic (exact) mass is 465 g/mol. The Hall–Kier alpha value is -3.54. The van der Waals surface area contributed by atoms with E-state index in [-0.39, 0.29) is 35.4 Å². The Kier molecular flexibility index (Phi) is 5.35. The van der Waals surface area contributed by atoms with Crippen LogP contribution in [-0.4, -0.2) is 47.4 Å². The van der Waals surface area contributed by atoms with Crippen molar-refractivity contribution < 1.29 is 31.9 Å². The molecule has 8 nitrogen and oxygen atoms in total. The van der Waals surface area contributed by atoms with Crippen LogP contribution in [0.5, 0.6) is 0 Å². The van der Waals surface area contributed by atoms with Crippen LogP contribution in [0.15, 0.2) is 41.5 Å². The van der Waals surface area contributed by atoms with Crippen molar-refractivity contribution in [2.45, 2.75) is 24.7 Å². The number of anilines is 1. The Labute approximate surface area is 185 Å². The maximum atomic E-state index is 15.0. The molecule has 2 aliphatic rings. The fourth-order valence-corrected chi connectivity index (χ4v) is 4.07. The van der Waals surface area contributed by atoms with Crippen LogP contribution in [0.3, 0.4) is 0 Å². The fraction of sp³-hybridized carbons (Fsp3) is 0.333. The second-order valence-corrected chi connectivity index (χ2v) is 7.86. The molecule has 1 aromatic carbocycles. The molecule has 2 aromatic rings. The summed E-state index contributed by atoms with van der Waals surface area (Å²) in [6.45, 7) is 1.57. The van der Waals surface area contributed by atoms with Crippen LogP contribution in [0.4, 0.5) is 23.2 Å². The van der Waals surface area contributed by atoms with Crippen molar-refractivity contribution in [3.63, 3.8) is 0 Å². The quantitative estimate of drug-likeness (QED) is 0.677. The zero-order chi connectivity index (χ0) is 24.1. The zero-order valence-corrected chi connectivity index (χ0v) is 17.5. The first-order valence-electron chi connectivity index (χ1n) is 9.83. The van der Waals surface area contributed by atoms with Crippen LogP contribution >= 0.6 is 0 Å². The summed E-state index contributed by atoms with van der Waals surface area (Å²) in [6, 6.07) is 5.34. The number of nitrogens with one attached hydrogen (secondary N) is 1. The number of hydrogen-bond acceptors (Lipinski definition) is 6. The minimum atomic E-state index is -4.59. The Morgan fingerprint density at radius 1 is 1.30 bits per heavy atom. The molecule has 3 unspecified atom stereocenters. The lowest BCUT2D eigenvalue weighted by atomic mass is 9.76. The van der Waals surface area contributed by atoms with Gasteiger partial charge in [0.05, 0.1) is 24.2 Å². The van der Waals surface area contributed by atoms with Gasteiger partial charge < -0.3 is 15.8 Å². The van der Waals surface area contributed by atoms with Crippen LogP contribution < -0.4 is 11.1 Å². The molecule has 4 rings (SSSR count). The van der Waals surface area contributed by atoms with Gasteiger partial charge >= 0.3 is 6.18 Å². The second-order valence-electron chi connectivity index (χ2n) is 7.86. The molecule has 0 spiro atoms. The average molecular weight is 465 g/mol. The molecule has 3 atom stereocenters. The third-order valence-corrected chi connectivity index (χ3v) is 5.82. The van der Waals surface area contributed by atoms with E-state index >= 15 is 0 Å². The largest absolute Gasteiger partial charge is 0.417 e. The number of ether oxygens (including phenoxy) is 1. The first kappa shape index (κ1) is 22.6. The van der Waals surface area contributed by atoms with Gasteiger partial charge in [0.15, 0.2) is 5.96 Å². The number of nitrogens with zero attached hydrogens (tertiary/aromatic N) is 3. The van der Waals surface area contributed by atoms with E-state index in [1.165, 1.54) is 24.1 Å². The van der Waals surface area contributed by atoms with Crippen LogP contribution in [0.2, 0.25) is 0 Å². The Balaban J connectivity index is 1.67. The van der Waals surface area contributed by atoms with Crippen molar-refractivity contribution in [1.82, 2.24) is 9.88 Å². The summed E-state index contributed by atoms with van der Waals surface area (Å²) in [5.41, 5.74) is 3.34. The summed E-state index contributed by atoms with van der Waals surface area (Å²) in [4.78, 5) is 34.5. The smallest absolute Gasteiger partial charge is 0.375 e. The van der Waals surface area contributed by atoms with E-state index < -0.39 is 41.0 Å². The molecule has 12 heteroatoms. The third kappa shape index (κ3) is 3.80. The Bertz CT molecular complexity index is 1150. The lowest BCUT2D eigenvalue weighted by Gasteiger charge is -2.38. The van der Waals surface area contributed by atoms with E-state index in [9.17, 15) is 27.2 Å². The summed E-state index contributed by atoms with van der Waals surface area (Å²) >= 11 is 0. The average Bonchev–Trinajstić information content (AvgIpc) is 3.10. The van der Waals surface area contributed by atoms with Crippen molar-refractivity contribution >= 4 is 23.5 Å². The minimum absolute atomic E-state index is 0.000529. The van der Waals surface area contributed by atoms with Crippen LogP contribution in [0, 0.1) is 11.7 Å². The highest BCUT2D eigenvalue weighted by atomic mass is 19.4. The highest BCUT2D eigenvalue weighted by Gasteiger charge is 2.58. The van der Waals surface area contributed by atoms with Crippen molar-refractivity contribution in [1.29, 1.82) is 0 Å². The summed E-state index contributed by atoms with van der Waals surface area (Å²) in [7, 11) is 1.46. The molecular weight excluding hydrogens is 446 g/mol. The number of hydrogen-bond donors (Lipinski definition) is 2. The predicted octanol–water partition coefficient (Wildman–Crippen LogP) is 2.51. The number of halogens is 4. The SMILES string of the molecule is CC1OCC2(c3cc(NC(=O)c4ccc(C(F)(F)F)cn4)ccc3F)N=C(N)N(C)C(=O)C12. The number of carbonyl (C=O) groups excluding carboxylic acids is 2. The number of amides is 2. The van der Waals surface area contributed by atoms with Crippen LogP contribution in [0.1, 0.15) is 28.5 Å². The molecule has 174 valence electrons. The number of pyridine rings is 1. The van der Waals surface area contributed by atoms with Gasteiger partial charge in [0.25, 0.3) is 5.91 Å². The van der Waals surface area contributed by atoms with Gasteiger partial charge in [-0.3, -0.25) is 19.5 Å². The van der Waals surface area contributed by atoms with Gasteiger partial charge in [0.2, 0.25) is 5.91 Å². The highest BCUT2D eigenvalue weighted by molar-refractivity contribution is 6.03. The second kappa shape index (κ2) is 7.80. The molecule has 0 aliphatic carbocycles. The summed E-state index contributed by atoms with van der Waals surface area (Å²) in [5, 5.41) is 2.48. The lowest BCUT2D eigenvalue weighted by molar-refractivity contribution is -0.138. The number of guanidine groups is 1. The van der Waals surface area contributed by atoms with Crippen molar-refractivity contribution in [3.8, 4) is 0 Å². The molecule has 1 saturated heterocycles. The van der Waals surface area contributed by atoms with E-state index in [1.54, 1.807) is 6.92 Å². The number of carbonyl (C=O) groups is 2. The number of rotatable bonds is 3. The van der Waals surface area contributed by atoms with E-state index in [1.807, 2.05) is 0 Å². The first-order valence-corrected chi connectivity index (χ1v) is 9.83. The summed E-state index contributed by atoms with van der Waals surface area (Å²) in [6.07, 6.45) is -4.60.